The normalized spacial score (nSPS) is 12.5. The number of amides is 1. The Balaban J connectivity index is 1.86. The summed E-state index contributed by atoms with van der Waals surface area (Å²) >= 11 is 0. The third-order valence-corrected chi connectivity index (χ3v) is 8.29. The van der Waals surface area contributed by atoms with Crippen molar-refractivity contribution in [3.8, 4) is 17.6 Å². The molecule has 1 N–H and O–H groups in total. The van der Waals surface area contributed by atoms with Crippen LogP contribution in [-0.4, -0.2) is 32.5 Å². The zero-order valence-electron chi connectivity index (χ0n) is 20.7. The smallest absolute Gasteiger partial charge is 0.340 e. The number of aryl methyl sites for hydroxylation is 1. The molecular formula is C25H28N4O6S2. The Morgan fingerprint density at radius 2 is 1.68 bits per heavy atom. The molecule has 1 heterocycles. The van der Waals surface area contributed by atoms with Crippen molar-refractivity contribution in [1.82, 2.24) is 14.5 Å². The van der Waals surface area contributed by atoms with Crippen molar-refractivity contribution in [2.75, 3.05) is 0 Å². The van der Waals surface area contributed by atoms with Gasteiger partial charge in [0.25, 0.3) is 10.0 Å². The van der Waals surface area contributed by atoms with Gasteiger partial charge < -0.3 is 4.18 Å². The Hall–Kier alpha value is -3.69. The molecule has 37 heavy (non-hydrogen) atoms. The number of hydrogen-bond donors (Lipinski definition) is 1. The molecule has 196 valence electrons. The number of benzene rings is 2. The van der Waals surface area contributed by atoms with Crippen molar-refractivity contribution in [1.29, 1.82) is 5.26 Å². The van der Waals surface area contributed by atoms with E-state index < -0.39 is 32.0 Å². The van der Waals surface area contributed by atoms with E-state index in [0.29, 0.717) is 12.8 Å². The molecule has 0 bridgehead atoms. The largest absolute Gasteiger partial charge is 0.358 e. The molecule has 0 aliphatic carbocycles. The van der Waals surface area contributed by atoms with Crippen molar-refractivity contribution in [2.45, 2.75) is 56.2 Å². The maximum atomic E-state index is 12.8. The van der Waals surface area contributed by atoms with Crippen LogP contribution in [0.15, 0.2) is 64.4 Å². The van der Waals surface area contributed by atoms with Crippen LogP contribution in [0.3, 0.4) is 0 Å². The lowest BCUT2D eigenvalue weighted by molar-refractivity contribution is -0.123. The van der Waals surface area contributed by atoms with Crippen LogP contribution in [0.25, 0.3) is 5.69 Å². The van der Waals surface area contributed by atoms with Gasteiger partial charge in [-0.2, -0.15) is 23.5 Å². The van der Waals surface area contributed by atoms with Crippen LogP contribution in [-0.2, 0) is 24.9 Å². The van der Waals surface area contributed by atoms with Gasteiger partial charge in [0.15, 0.2) is 5.69 Å². The van der Waals surface area contributed by atoms with Gasteiger partial charge in [0.1, 0.15) is 11.0 Å². The molecule has 0 saturated carbocycles. The van der Waals surface area contributed by atoms with Gasteiger partial charge in [-0.3, -0.25) is 4.79 Å². The molecule has 1 aromatic heterocycles. The van der Waals surface area contributed by atoms with Gasteiger partial charge in [0.05, 0.1) is 10.6 Å². The number of sulfonamides is 1. The molecule has 0 fully saturated rings. The summed E-state index contributed by atoms with van der Waals surface area (Å²) in [7, 11) is -8.36. The number of nitrogens with one attached hydrogen (secondary N) is 1. The minimum atomic E-state index is -4.23. The number of rotatable bonds is 11. The second-order valence-electron chi connectivity index (χ2n) is 8.45. The summed E-state index contributed by atoms with van der Waals surface area (Å²) < 4.78 is 59.5. The number of carbonyl (C=O) groups excluding carboxylic acids is 1. The molecular weight excluding hydrogens is 516 g/mol. The Labute approximate surface area is 217 Å². The molecule has 0 aliphatic heterocycles. The molecule has 0 spiro atoms. The maximum Gasteiger partial charge on any atom is 0.340 e. The quantitative estimate of drug-likeness (QED) is 0.358. The molecule has 1 atom stereocenters. The number of aromatic nitrogens is 2. The fourth-order valence-electron chi connectivity index (χ4n) is 3.54. The van der Waals surface area contributed by atoms with E-state index in [2.05, 4.69) is 9.82 Å². The van der Waals surface area contributed by atoms with Crippen molar-refractivity contribution in [3.05, 3.63) is 65.9 Å². The topological polar surface area (TPSA) is 148 Å². The summed E-state index contributed by atoms with van der Waals surface area (Å²) in [4.78, 5) is 12.3. The van der Waals surface area contributed by atoms with Crippen LogP contribution in [0.2, 0.25) is 0 Å². The molecule has 0 saturated heterocycles. The molecule has 0 aliphatic rings. The van der Waals surface area contributed by atoms with Crippen LogP contribution in [0.1, 0.15) is 50.8 Å². The lowest BCUT2D eigenvalue weighted by atomic mass is 9.99. The average Bonchev–Trinajstić information content (AvgIpc) is 3.26. The summed E-state index contributed by atoms with van der Waals surface area (Å²) in [5, 5.41) is 13.3. The van der Waals surface area contributed by atoms with E-state index in [4.69, 9.17) is 4.18 Å². The average molecular weight is 545 g/mol. The number of unbranched alkanes of at least 4 members (excludes halogenated alkanes) is 1. The van der Waals surface area contributed by atoms with E-state index in [1.807, 2.05) is 26.8 Å². The summed E-state index contributed by atoms with van der Waals surface area (Å²) in [6.45, 7) is 5.64. The van der Waals surface area contributed by atoms with Crippen LogP contribution in [0.5, 0.6) is 5.88 Å². The summed E-state index contributed by atoms with van der Waals surface area (Å²) in [6.07, 6.45) is 2.84. The Morgan fingerprint density at radius 3 is 2.24 bits per heavy atom. The highest BCUT2D eigenvalue weighted by Gasteiger charge is 2.24. The predicted molar refractivity (Wildman–Crippen MR) is 136 cm³/mol. The van der Waals surface area contributed by atoms with Crippen LogP contribution >= 0.6 is 0 Å². The third-order valence-electron chi connectivity index (χ3n) is 5.69. The van der Waals surface area contributed by atoms with E-state index >= 15 is 0 Å². The first-order chi connectivity index (χ1) is 17.5. The molecule has 2 aromatic carbocycles. The minimum absolute atomic E-state index is 0.0779. The lowest BCUT2D eigenvalue weighted by Gasteiger charge is -2.15. The van der Waals surface area contributed by atoms with Crippen LogP contribution in [0.4, 0.5) is 0 Å². The van der Waals surface area contributed by atoms with Gasteiger partial charge in [-0.05, 0) is 56.2 Å². The minimum Gasteiger partial charge on any atom is -0.358 e. The molecule has 3 rings (SSSR count). The first-order valence-corrected chi connectivity index (χ1v) is 14.6. The van der Waals surface area contributed by atoms with Gasteiger partial charge in [0.2, 0.25) is 11.8 Å². The van der Waals surface area contributed by atoms with Crippen LogP contribution < -0.4 is 8.91 Å². The van der Waals surface area contributed by atoms with E-state index in [1.165, 1.54) is 36.4 Å². The van der Waals surface area contributed by atoms with E-state index in [-0.39, 0.29) is 27.1 Å². The fraction of sp³-hybridized carbons (Fsp3) is 0.320. The maximum absolute atomic E-state index is 12.8. The van der Waals surface area contributed by atoms with Crippen molar-refractivity contribution < 1.29 is 25.8 Å². The second kappa shape index (κ2) is 11.6. The highest BCUT2D eigenvalue weighted by Crippen LogP contribution is 2.25. The summed E-state index contributed by atoms with van der Waals surface area (Å²) in [5.74, 6) is -1.21. The molecule has 10 nitrogen and oxygen atoms in total. The molecule has 0 radical (unpaired) electrons. The van der Waals surface area contributed by atoms with E-state index in [0.717, 1.165) is 29.2 Å². The Morgan fingerprint density at radius 1 is 1.05 bits per heavy atom. The lowest BCUT2D eigenvalue weighted by Crippen LogP contribution is -2.35. The number of nitriles is 1. The van der Waals surface area contributed by atoms with Gasteiger partial charge in [-0.25, -0.2) is 13.1 Å². The SMILES string of the molecule is CCCCC(CC)C(=O)NS(=O)(=O)c1ccc(-n2nc(C#N)cc2OS(=O)(=O)c2ccc(C)cc2)cc1. The second-order valence-corrected chi connectivity index (χ2v) is 11.7. The molecule has 1 amide bonds. The number of nitrogens with zero attached hydrogens (tertiary/aromatic N) is 3. The fourth-order valence-corrected chi connectivity index (χ4v) is 5.49. The highest BCUT2D eigenvalue weighted by molar-refractivity contribution is 7.90. The van der Waals surface area contributed by atoms with Crippen molar-refractivity contribution in [3.63, 3.8) is 0 Å². The Kier molecular flexibility index (Phi) is 8.73. The standard InChI is InChI=1S/C25H28N4O6S2/c1-4-6-7-19(5-2)25(30)28-36(31,32)22-14-10-21(11-15-22)29-24(16-20(17-26)27-29)35-37(33,34)23-12-8-18(3)9-13-23/h8-16,19H,4-7H2,1-3H3,(H,28,30). The van der Waals surface area contributed by atoms with Crippen LogP contribution in [0, 0.1) is 24.2 Å². The summed E-state index contributed by atoms with van der Waals surface area (Å²) in [6, 6.07) is 14.3. The zero-order chi connectivity index (χ0) is 27.2. The van der Waals surface area contributed by atoms with E-state index in [1.54, 1.807) is 12.1 Å². The van der Waals surface area contributed by atoms with Crippen molar-refractivity contribution >= 4 is 26.0 Å². The highest BCUT2D eigenvalue weighted by atomic mass is 32.2. The number of hydrogen-bond acceptors (Lipinski definition) is 8. The summed E-state index contributed by atoms with van der Waals surface area (Å²) in [5.41, 5.74) is 1.01. The zero-order valence-corrected chi connectivity index (χ0v) is 22.3. The number of carbonyl (C=O) groups is 1. The Bertz CT molecular complexity index is 1500. The van der Waals surface area contributed by atoms with Gasteiger partial charge in [-0.1, -0.05) is 44.4 Å². The first kappa shape index (κ1) is 27.9. The van der Waals surface area contributed by atoms with Crippen molar-refractivity contribution in [2.24, 2.45) is 5.92 Å². The molecule has 1 unspecified atom stereocenters. The monoisotopic (exact) mass is 544 g/mol. The van der Waals surface area contributed by atoms with Gasteiger partial charge in [0, 0.05) is 12.0 Å². The molecule has 12 heteroatoms. The van der Waals surface area contributed by atoms with Gasteiger partial charge in [-0.15, -0.1) is 0 Å². The first-order valence-electron chi connectivity index (χ1n) is 11.7. The third kappa shape index (κ3) is 6.75. The van der Waals surface area contributed by atoms with Gasteiger partial charge >= 0.3 is 10.1 Å². The predicted octanol–water partition coefficient (Wildman–Crippen LogP) is 3.84. The van der Waals surface area contributed by atoms with E-state index in [9.17, 15) is 26.9 Å². The molecule has 3 aromatic rings.